The van der Waals surface area contributed by atoms with Crippen LogP contribution in [0.5, 0.6) is 0 Å². The van der Waals surface area contributed by atoms with Crippen molar-refractivity contribution in [3.63, 3.8) is 0 Å². The number of hydrogen-bond acceptors (Lipinski definition) is 4. The normalized spacial score (nSPS) is 10.8. The van der Waals surface area contributed by atoms with Crippen molar-refractivity contribution in [1.29, 1.82) is 0 Å². The van der Waals surface area contributed by atoms with Crippen molar-refractivity contribution in [3.05, 3.63) is 99.3 Å². The van der Waals surface area contributed by atoms with E-state index in [0.29, 0.717) is 11.4 Å². The van der Waals surface area contributed by atoms with Crippen LogP contribution in [0.4, 0.5) is 5.69 Å². The Hall–Kier alpha value is -4.00. The third kappa shape index (κ3) is 2.99. The van der Waals surface area contributed by atoms with Gasteiger partial charge in [0.15, 0.2) is 5.65 Å². The van der Waals surface area contributed by atoms with Crippen LogP contribution in [-0.4, -0.2) is 20.0 Å². The van der Waals surface area contributed by atoms with Gasteiger partial charge in [-0.05, 0) is 30.3 Å². The molecular weight excluding hydrogens is 356 g/mol. The standard InChI is InChI=1S/C21H16N4O3/c1-24-20(27)17-12-14(19(26)23-15-8-4-2-5-9-15)13-22-18(17)25(21(24)28)16-10-6-3-7-11-16/h2-13H,1H3,(H,23,26). The Kier molecular flexibility index (Phi) is 4.33. The van der Waals surface area contributed by atoms with E-state index in [4.69, 9.17) is 0 Å². The number of carbonyl (C=O) groups is 1. The van der Waals surface area contributed by atoms with Crippen LogP contribution in [0.25, 0.3) is 16.7 Å². The highest BCUT2D eigenvalue weighted by Crippen LogP contribution is 2.14. The van der Waals surface area contributed by atoms with Crippen LogP contribution in [0.15, 0.2) is 82.5 Å². The molecule has 138 valence electrons. The third-order valence-electron chi connectivity index (χ3n) is 4.40. The number of fused-ring (bicyclic) bond motifs is 1. The summed E-state index contributed by atoms with van der Waals surface area (Å²) in [7, 11) is 1.40. The lowest BCUT2D eigenvalue weighted by Crippen LogP contribution is -2.38. The lowest BCUT2D eigenvalue weighted by molar-refractivity contribution is 0.102. The van der Waals surface area contributed by atoms with E-state index in [0.717, 1.165) is 4.57 Å². The number of anilines is 1. The quantitative estimate of drug-likeness (QED) is 0.598. The van der Waals surface area contributed by atoms with Crippen LogP contribution in [0.3, 0.4) is 0 Å². The van der Waals surface area contributed by atoms with Crippen molar-refractivity contribution in [2.75, 3.05) is 5.32 Å². The zero-order chi connectivity index (χ0) is 19.7. The minimum atomic E-state index is -0.506. The van der Waals surface area contributed by atoms with Gasteiger partial charge in [0, 0.05) is 18.9 Å². The van der Waals surface area contributed by atoms with Gasteiger partial charge in [0.05, 0.1) is 16.6 Å². The summed E-state index contributed by atoms with van der Waals surface area (Å²) in [6.45, 7) is 0. The van der Waals surface area contributed by atoms with Gasteiger partial charge in [0.1, 0.15) is 0 Å². The fourth-order valence-corrected chi connectivity index (χ4v) is 2.96. The number of para-hydroxylation sites is 2. The molecule has 0 spiro atoms. The Balaban J connectivity index is 1.88. The van der Waals surface area contributed by atoms with Gasteiger partial charge in [0.25, 0.3) is 11.5 Å². The first-order chi connectivity index (χ1) is 13.6. The molecule has 2 heterocycles. The maximum atomic E-state index is 12.7. The van der Waals surface area contributed by atoms with E-state index in [-0.39, 0.29) is 22.5 Å². The molecular formula is C21H16N4O3. The summed E-state index contributed by atoms with van der Waals surface area (Å²) in [5, 5.41) is 2.95. The molecule has 0 aliphatic heterocycles. The van der Waals surface area contributed by atoms with E-state index in [1.807, 2.05) is 24.3 Å². The van der Waals surface area contributed by atoms with Crippen LogP contribution >= 0.6 is 0 Å². The summed E-state index contributed by atoms with van der Waals surface area (Å²) in [6.07, 6.45) is 1.36. The maximum Gasteiger partial charge on any atom is 0.337 e. The second-order valence-electron chi connectivity index (χ2n) is 6.23. The van der Waals surface area contributed by atoms with E-state index in [1.54, 1.807) is 36.4 Å². The van der Waals surface area contributed by atoms with Gasteiger partial charge in [-0.25, -0.2) is 14.3 Å². The fraction of sp³-hybridized carbons (Fsp3) is 0.0476. The highest BCUT2D eigenvalue weighted by molar-refractivity contribution is 6.05. The molecule has 0 bridgehead atoms. The van der Waals surface area contributed by atoms with Gasteiger partial charge < -0.3 is 5.32 Å². The molecule has 0 aliphatic rings. The minimum Gasteiger partial charge on any atom is -0.322 e. The molecule has 7 nitrogen and oxygen atoms in total. The molecule has 0 unspecified atom stereocenters. The molecule has 4 aromatic rings. The largest absolute Gasteiger partial charge is 0.337 e. The summed E-state index contributed by atoms with van der Waals surface area (Å²) in [6, 6.07) is 19.4. The van der Waals surface area contributed by atoms with Gasteiger partial charge in [0.2, 0.25) is 0 Å². The lowest BCUT2D eigenvalue weighted by Gasteiger charge is -2.12. The van der Waals surface area contributed by atoms with Crippen LogP contribution < -0.4 is 16.6 Å². The van der Waals surface area contributed by atoms with Crippen molar-refractivity contribution in [3.8, 4) is 5.69 Å². The molecule has 4 rings (SSSR count). The second kappa shape index (κ2) is 6.96. The Morgan fingerprint density at radius 1 is 0.964 bits per heavy atom. The summed E-state index contributed by atoms with van der Waals surface area (Å²) >= 11 is 0. The van der Waals surface area contributed by atoms with E-state index in [1.165, 1.54) is 23.9 Å². The second-order valence-corrected chi connectivity index (χ2v) is 6.23. The average Bonchev–Trinajstić information content (AvgIpc) is 2.73. The number of pyridine rings is 1. The zero-order valence-corrected chi connectivity index (χ0v) is 15.0. The van der Waals surface area contributed by atoms with Gasteiger partial charge in [-0.2, -0.15) is 0 Å². The number of aromatic nitrogens is 3. The SMILES string of the molecule is Cn1c(=O)c2cc(C(=O)Nc3ccccc3)cnc2n(-c2ccccc2)c1=O. The van der Waals surface area contributed by atoms with E-state index in [2.05, 4.69) is 10.3 Å². The van der Waals surface area contributed by atoms with Gasteiger partial charge >= 0.3 is 5.69 Å². The van der Waals surface area contributed by atoms with Crippen molar-refractivity contribution >= 4 is 22.6 Å². The topological polar surface area (TPSA) is 86.0 Å². The first kappa shape index (κ1) is 17.4. The molecule has 1 amide bonds. The highest BCUT2D eigenvalue weighted by Gasteiger charge is 2.16. The molecule has 0 saturated heterocycles. The molecule has 2 aromatic heterocycles. The summed E-state index contributed by atoms with van der Waals surface area (Å²) in [4.78, 5) is 42.1. The van der Waals surface area contributed by atoms with Crippen molar-refractivity contribution in [1.82, 2.24) is 14.1 Å². The van der Waals surface area contributed by atoms with E-state index < -0.39 is 11.2 Å². The monoisotopic (exact) mass is 372 g/mol. The van der Waals surface area contributed by atoms with Crippen LogP contribution in [-0.2, 0) is 7.05 Å². The summed E-state index contributed by atoms with van der Waals surface area (Å²) in [5.74, 6) is -0.389. The maximum absolute atomic E-state index is 12.7. The number of nitrogens with zero attached hydrogens (tertiary/aromatic N) is 3. The van der Waals surface area contributed by atoms with Crippen molar-refractivity contribution < 1.29 is 4.79 Å². The zero-order valence-electron chi connectivity index (χ0n) is 15.0. The number of rotatable bonds is 3. The molecule has 0 fully saturated rings. The van der Waals surface area contributed by atoms with Crippen LogP contribution in [0.2, 0.25) is 0 Å². The van der Waals surface area contributed by atoms with Crippen molar-refractivity contribution in [2.24, 2.45) is 7.05 Å². The summed E-state index contributed by atoms with van der Waals surface area (Å²) < 4.78 is 2.37. The Bertz CT molecular complexity index is 1290. The fourth-order valence-electron chi connectivity index (χ4n) is 2.96. The van der Waals surface area contributed by atoms with Gasteiger partial charge in [-0.1, -0.05) is 36.4 Å². The predicted octanol–water partition coefficient (Wildman–Crippen LogP) is 2.34. The highest BCUT2D eigenvalue weighted by atomic mass is 16.2. The van der Waals surface area contributed by atoms with Gasteiger partial charge in [-0.15, -0.1) is 0 Å². The first-order valence-corrected chi connectivity index (χ1v) is 8.60. The molecule has 1 N–H and O–H groups in total. The Morgan fingerprint density at radius 3 is 2.29 bits per heavy atom. The molecule has 0 atom stereocenters. The van der Waals surface area contributed by atoms with E-state index in [9.17, 15) is 14.4 Å². The van der Waals surface area contributed by atoms with Crippen LogP contribution in [0.1, 0.15) is 10.4 Å². The molecule has 28 heavy (non-hydrogen) atoms. The number of amides is 1. The lowest BCUT2D eigenvalue weighted by atomic mass is 10.2. The van der Waals surface area contributed by atoms with Gasteiger partial charge in [-0.3, -0.25) is 14.2 Å². The van der Waals surface area contributed by atoms with E-state index >= 15 is 0 Å². The van der Waals surface area contributed by atoms with Crippen molar-refractivity contribution in [2.45, 2.75) is 0 Å². The Labute approximate surface area is 159 Å². The third-order valence-corrected chi connectivity index (χ3v) is 4.40. The molecule has 2 aromatic carbocycles. The first-order valence-electron chi connectivity index (χ1n) is 8.60. The summed E-state index contributed by atoms with van der Waals surface area (Å²) in [5.41, 5.74) is 0.644. The number of benzene rings is 2. The predicted molar refractivity (Wildman–Crippen MR) is 107 cm³/mol. The Morgan fingerprint density at radius 2 is 1.61 bits per heavy atom. The molecule has 0 aliphatic carbocycles. The number of carbonyl (C=O) groups excluding carboxylic acids is 1. The smallest absolute Gasteiger partial charge is 0.322 e. The minimum absolute atomic E-state index is 0.187. The molecule has 7 heteroatoms. The molecule has 0 saturated carbocycles. The molecule has 0 radical (unpaired) electrons. The number of hydrogen-bond donors (Lipinski definition) is 1. The number of nitrogens with one attached hydrogen (secondary N) is 1. The van der Waals surface area contributed by atoms with Crippen LogP contribution in [0, 0.1) is 0 Å². The average molecular weight is 372 g/mol.